The van der Waals surface area contributed by atoms with E-state index in [1.807, 2.05) is 6.92 Å². The number of nitrogens with zero attached hydrogens (tertiary/aromatic N) is 1. The topological polar surface area (TPSA) is 60.2 Å². The predicted molar refractivity (Wildman–Crippen MR) is 75.6 cm³/mol. The third kappa shape index (κ3) is 2.69. The van der Waals surface area contributed by atoms with E-state index in [9.17, 15) is 0 Å². The van der Waals surface area contributed by atoms with Gasteiger partial charge in [-0.1, -0.05) is 18.2 Å². The van der Waals surface area contributed by atoms with Gasteiger partial charge >= 0.3 is 0 Å². The molecule has 0 fully saturated rings. The number of thiazole rings is 1. The van der Waals surface area contributed by atoms with E-state index in [0.29, 0.717) is 6.61 Å². The summed E-state index contributed by atoms with van der Waals surface area (Å²) in [5.74, 6) is 5.70. The molecule has 100 valence electrons. The molecule has 1 unspecified atom stereocenters. The molecule has 0 bridgehead atoms. The first-order valence-corrected chi connectivity index (χ1v) is 7.21. The lowest BCUT2D eigenvalue weighted by Crippen LogP contribution is -2.29. The number of ether oxygens (including phenoxy) is 1. The van der Waals surface area contributed by atoms with Crippen LogP contribution in [0.3, 0.4) is 0 Å². The molecule has 0 aliphatic carbocycles. The quantitative estimate of drug-likeness (QED) is 0.663. The molecular weight excluding hydrogens is 258 g/mol. The monoisotopic (exact) mass is 275 g/mol. The molecule has 0 amide bonds. The molecule has 1 atom stereocenters. The molecule has 0 saturated heterocycles. The summed E-state index contributed by atoms with van der Waals surface area (Å²) in [4.78, 5) is 4.49. The zero-order valence-corrected chi connectivity index (χ0v) is 11.7. The van der Waals surface area contributed by atoms with Gasteiger partial charge in [0.25, 0.3) is 0 Å². The molecule has 1 aromatic heterocycles. The van der Waals surface area contributed by atoms with Crippen molar-refractivity contribution >= 4 is 11.3 Å². The minimum atomic E-state index is 0.0939. The van der Waals surface area contributed by atoms with Crippen molar-refractivity contribution in [3.63, 3.8) is 0 Å². The maximum absolute atomic E-state index is 5.70. The highest BCUT2D eigenvalue weighted by Crippen LogP contribution is 2.26. The number of benzene rings is 1. The van der Waals surface area contributed by atoms with Gasteiger partial charge in [-0.05, 0) is 23.6 Å². The highest BCUT2D eigenvalue weighted by atomic mass is 32.1. The van der Waals surface area contributed by atoms with Crippen LogP contribution in [0.1, 0.15) is 33.4 Å². The Bertz CT molecular complexity index is 582. The van der Waals surface area contributed by atoms with Gasteiger partial charge < -0.3 is 4.74 Å². The maximum atomic E-state index is 5.70. The van der Waals surface area contributed by atoms with Gasteiger partial charge in [0.1, 0.15) is 0 Å². The Labute approximate surface area is 116 Å². The number of hydrogen-bond donors (Lipinski definition) is 2. The van der Waals surface area contributed by atoms with Crippen LogP contribution in [0.2, 0.25) is 0 Å². The molecule has 0 spiro atoms. The van der Waals surface area contributed by atoms with Crippen molar-refractivity contribution in [3.05, 3.63) is 51.0 Å². The summed E-state index contributed by atoms with van der Waals surface area (Å²) >= 11 is 1.68. The Morgan fingerprint density at radius 1 is 1.42 bits per heavy atom. The number of fused-ring (bicyclic) bond motifs is 1. The summed E-state index contributed by atoms with van der Waals surface area (Å²) < 4.78 is 5.44. The Morgan fingerprint density at radius 3 is 3.00 bits per heavy atom. The molecule has 2 aromatic rings. The fourth-order valence-electron chi connectivity index (χ4n) is 2.35. The predicted octanol–water partition coefficient (Wildman–Crippen LogP) is 2.23. The zero-order chi connectivity index (χ0) is 13.2. The molecule has 3 N–H and O–H groups in total. The van der Waals surface area contributed by atoms with Gasteiger partial charge in [0.15, 0.2) is 0 Å². The lowest BCUT2D eigenvalue weighted by atomic mass is 9.99. The fraction of sp³-hybridized carbons (Fsp3) is 0.357. The highest BCUT2D eigenvalue weighted by Gasteiger charge is 2.17. The van der Waals surface area contributed by atoms with E-state index in [1.54, 1.807) is 11.3 Å². The van der Waals surface area contributed by atoms with Crippen molar-refractivity contribution in [1.29, 1.82) is 0 Å². The second kappa shape index (κ2) is 5.38. The number of aromatic nitrogens is 1. The summed E-state index contributed by atoms with van der Waals surface area (Å²) in [6, 6.07) is 6.54. The average molecular weight is 275 g/mol. The summed E-state index contributed by atoms with van der Waals surface area (Å²) in [5.41, 5.74) is 7.71. The van der Waals surface area contributed by atoms with E-state index in [0.717, 1.165) is 23.7 Å². The van der Waals surface area contributed by atoms with E-state index in [-0.39, 0.29) is 6.04 Å². The zero-order valence-electron chi connectivity index (χ0n) is 10.8. The van der Waals surface area contributed by atoms with E-state index >= 15 is 0 Å². The molecule has 1 aliphatic heterocycles. The van der Waals surface area contributed by atoms with Gasteiger partial charge in [0.2, 0.25) is 0 Å². The third-order valence-corrected chi connectivity index (χ3v) is 4.38. The lowest BCUT2D eigenvalue weighted by Gasteiger charge is -2.16. The van der Waals surface area contributed by atoms with E-state index < -0.39 is 0 Å². The fourth-order valence-corrected chi connectivity index (χ4v) is 3.17. The molecule has 0 saturated carbocycles. The van der Waals surface area contributed by atoms with Crippen LogP contribution in [0.25, 0.3) is 0 Å². The van der Waals surface area contributed by atoms with Crippen molar-refractivity contribution in [2.45, 2.75) is 32.6 Å². The molecule has 3 rings (SSSR count). The Hall–Kier alpha value is -1.27. The average Bonchev–Trinajstić information content (AvgIpc) is 3.03. The van der Waals surface area contributed by atoms with Gasteiger partial charge in [-0.25, -0.2) is 4.98 Å². The van der Waals surface area contributed by atoms with Crippen LogP contribution in [0.15, 0.2) is 23.6 Å². The molecule has 5 heteroatoms. The van der Waals surface area contributed by atoms with Crippen LogP contribution in [0, 0.1) is 6.92 Å². The first-order valence-electron chi connectivity index (χ1n) is 6.33. The summed E-state index contributed by atoms with van der Waals surface area (Å²) in [5, 5.41) is 3.18. The second-order valence-electron chi connectivity index (χ2n) is 4.83. The van der Waals surface area contributed by atoms with Crippen LogP contribution in [0.4, 0.5) is 0 Å². The van der Waals surface area contributed by atoms with Crippen LogP contribution in [-0.2, 0) is 24.4 Å². The standard InChI is InChI=1S/C14H17N3OS/c1-9-8-19-14(16-9)5-13(17-15)10-2-3-11-6-18-7-12(11)4-10/h2-4,8,13,17H,5-7,15H2,1H3. The number of nitrogens with two attached hydrogens (primary N) is 1. The van der Waals surface area contributed by atoms with E-state index in [1.165, 1.54) is 16.7 Å². The second-order valence-corrected chi connectivity index (χ2v) is 5.77. The van der Waals surface area contributed by atoms with Gasteiger partial charge in [0.05, 0.1) is 24.3 Å². The van der Waals surface area contributed by atoms with E-state index in [4.69, 9.17) is 10.6 Å². The normalized spacial score (nSPS) is 15.5. The van der Waals surface area contributed by atoms with Crippen LogP contribution < -0.4 is 11.3 Å². The highest BCUT2D eigenvalue weighted by molar-refractivity contribution is 7.09. The van der Waals surface area contributed by atoms with Crippen molar-refractivity contribution in [1.82, 2.24) is 10.4 Å². The number of rotatable bonds is 4. The molecule has 2 heterocycles. The van der Waals surface area contributed by atoms with E-state index in [2.05, 4.69) is 34.0 Å². The molecule has 4 nitrogen and oxygen atoms in total. The van der Waals surface area contributed by atoms with Gasteiger partial charge in [-0.2, -0.15) is 0 Å². The lowest BCUT2D eigenvalue weighted by molar-refractivity contribution is 0.134. The summed E-state index contributed by atoms with van der Waals surface area (Å²) in [6.07, 6.45) is 0.814. The summed E-state index contributed by atoms with van der Waals surface area (Å²) in [6.45, 7) is 3.44. The Kier molecular flexibility index (Phi) is 3.61. The minimum Gasteiger partial charge on any atom is -0.372 e. The van der Waals surface area contributed by atoms with Crippen LogP contribution in [0.5, 0.6) is 0 Å². The van der Waals surface area contributed by atoms with Crippen LogP contribution in [-0.4, -0.2) is 4.98 Å². The minimum absolute atomic E-state index is 0.0939. The molecule has 19 heavy (non-hydrogen) atoms. The first kappa shape index (κ1) is 12.7. The molecular formula is C14H17N3OS. The Balaban J connectivity index is 1.82. The summed E-state index contributed by atoms with van der Waals surface area (Å²) in [7, 11) is 0. The van der Waals surface area contributed by atoms with Crippen molar-refractivity contribution in [3.8, 4) is 0 Å². The van der Waals surface area contributed by atoms with Gasteiger partial charge in [-0.3, -0.25) is 11.3 Å². The SMILES string of the molecule is Cc1csc(CC(NN)c2ccc3c(c2)COC3)n1. The number of nitrogens with one attached hydrogen (secondary N) is 1. The van der Waals surface area contributed by atoms with Crippen molar-refractivity contribution < 1.29 is 4.74 Å². The number of aryl methyl sites for hydroxylation is 1. The van der Waals surface area contributed by atoms with Gasteiger partial charge in [0, 0.05) is 17.5 Å². The Morgan fingerprint density at radius 2 is 2.26 bits per heavy atom. The van der Waals surface area contributed by atoms with Crippen molar-refractivity contribution in [2.24, 2.45) is 5.84 Å². The van der Waals surface area contributed by atoms with Gasteiger partial charge in [-0.15, -0.1) is 11.3 Å². The maximum Gasteiger partial charge on any atom is 0.0947 e. The third-order valence-electron chi connectivity index (χ3n) is 3.39. The largest absolute Gasteiger partial charge is 0.372 e. The number of hydrazine groups is 1. The first-order chi connectivity index (χ1) is 9.26. The van der Waals surface area contributed by atoms with Crippen molar-refractivity contribution in [2.75, 3.05) is 0 Å². The molecule has 1 aliphatic rings. The van der Waals surface area contributed by atoms with Crippen LogP contribution >= 0.6 is 11.3 Å². The molecule has 1 aromatic carbocycles. The smallest absolute Gasteiger partial charge is 0.0947 e. The molecule has 0 radical (unpaired) electrons. The number of hydrogen-bond acceptors (Lipinski definition) is 5.